The van der Waals surface area contributed by atoms with E-state index < -0.39 is 5.60 Å². The molecule has 5 heteroatoms. The van der Waals surface area contributed by atoms with Crippen molar-refractivity contribution in [1.82, 2.24) is 0 Å². The molecule has 10 heavy (non-hydrogen) atoms. The standard InChI is InChI=1S/C5H9N3O2/c1-5(3-9)4(10-5)2-7-8-6/h4,9H,2-3H2,1H3/t4-,5-/m0/s1. The first-order chi connectivity index (χ1) is 4.73. The predicted octanol–water partition coefficient (Wildman–Crippen LogP) is 0.447. The van der Waals surface area contributed by atoms with Gasteiger partial charge in [-0.3, -0.25) is 0 Å². The Morgan fingerprint density at radius 2 is 2.60 bits per heavy atom. The molecule has 0 spiro atoms. The number of azide groups is 1. The zero-order valence-electron chi connectivity index (χ0n) is 5.69. The van der Waals surface area contributed by atoms with Gasteiger partial charge in [0.15, 0.2) is 0 Å². The maximum Gasteiger partial charge on any atom is 0.115 e. The third-order valence-corrected chi connectivity index (χ3v) is 1.66. The third kappa shape index (κ3) is 1.21. The molecule has 1 N–H and O–H groups in total. The van der Waals surface area contributed by atoms with Crippen LogP contribution in [0.15, 0.2) is 5.11 Å². The number of hydrogen-bond donors (Lipinski definition) is 1. The average Bonchev–Trinajstić information content (AvgIpc) is 2.59. The van der Waals surface area contributed by atoms with Crippen molar-refractivity contribution >= 4 is 0 Å². The van der Waals surface area contributed by atoms with Gasteiger partial charge in [-0.05, 0) is 12.5 Å². The molecular formula is C5H9N3O2. The molecule has 5 nitrogen and oxygen atoms in total. The second kappa shape index (κ2) is 2.46. The lowest BCUT2D eigenvalue weighted by atomic mass is 10.1. The Hall–Kier alpha value is -0.770. The normalized spacial score (nSPS) is 36.8. The van der Waals surface area contributed by atoms with E-state index in [1.54, 1.807) is 6.92 Å². The molecule has 0 aromatic carbocycles. The van der Waals surface area contributed by atoms with Crippen LogP contribution in [0.2, 0.25) is 0 Å². The fourth-order valence-electron chi connectivity index (χ4n) is 0.771. The SMILES string of the molecule is C[C@@]1(CO)O[C@H]1CN=[N+]=[N-]. The number of epoxide rings is 1. The Morgan fingerprint density at radius 3 is 3.00 bits per heavy atom. The van der Waals surface area contributed by atoms with E-state index in [4.69, 9.17) is 15.4 Å². The van der Waals surface area contributed by atoms with Crippen molar-refractivity contribution in [1.29, 1.82) is 0 Å². The van der Waals surface area contributed by atoms with Crippen LogP contribution < -0.4 is 0 Å². The van der Waals surface area contributed by atoms with E-state index in [9.17, 15) is 0 Å². The summed E-state index contributed by atoms with van der Waals surface area (Å²) in [6.07, 6.45) is -0.0894. The van der Waals surface area contributed by atoms with E-state index >= 15 is 0 Å². The quantitative estimate of drug-likeness (QED) is 0.269. The van der Waals surface area contributed by atoms with Crippen molar-refractivity contribution in [2.24, 2.45) is 5.11 Å². The number of nitrogens with zero attached hydrogens (tertiary/aromatic N) is 3. The molecule has 0 aliphatic carbocycles. The molecule has 0 amide bonds. The molecule has 0 aromatic heterocycles. The van der Waals surface area contributed by atoms with Gasteiger partial charge in [0.2, 0.25) is 0 Å². The highest BCUT2D eigenvalue weighted by Crippen LogP contribution is 2.35. The van der Waals surface area contributed by atoms with Gasteiger partial charge in [0.25, 0.3) is 0 Å². The first-order valence-electron chi connectivity index (χ1n) is 3.02. The van der Waals surface area contributed by atoms with Crippen LogP contribution in [-0.2, 0) is 4.74 Å². The lowest BCUT2D eigenvalue weighted by molar-refractivity contribution is 0.184. The minimum Gasteiger partial charge on any atom is -0.393 e. The van der Waals surface area contributed by atoms with Crippen LogP contribution in [0.1, 0.15) is 6.92 Å². The van der Waals surface area contributed by atoms with Crippen molar-refractivity contribution in [2.75, 3.05) is 13.2 Å². The molecular weight excluding hydrogens is 134 g/mol. The van der Waals surface area contributed by atoms with E-state index in [0.717, 1.165) is 0 Å². The predicted molar refractivity (Wildman–Crippen MR) is 34.4 cm³/mol. The van der Waals surface area contributed by atoms with Crippen LogP contribution in [0.4, 0.5) is 0 Å². The molecule has 0 saturated carbocycles. The Labute approximate surface area is 58.2 Å². The summed E-state index contributed by atoms with van der Waals surface area (Å²) in [5.41, 5.74) is 7.48. The fourth-order valence-corrected chi connectivity index (χ4v) is 0.771. The van der Waals surface area contributed by atoms with Crippen molar-refractivity contribution < 1.29 is 9.84 Å². The van der Waals surface area contributed by atoms with Crippen LogP contribution >= 0.6 is 0 Å². The highest BCUT2D eigenvalue weighted by molar-refractivity contribution is 4.99. The second-order valence-corrected chi connectivity index (χ2v) is 2.49. The van der Waals surface area contributed by atoms with Gasteiger partial charge in [-0.15, -0.1) is 0 Å². The van der Waals surface area contributed by atoms with Crippen LogP contribution in [0, 0.1) is 0 Å². The fraction of sp³-hybridized carbons (Fsp3) is 1.00. The van der Waals surface area contributed by atoms with E-state index in [2.05, 4.69) is 10.0 Å². The van der Waals surface area contributed by atoms with Gasteiger partial charge >= 0.3 is 0 Å². The molecule has 0 radical (unpaired) electrons. The highest BCUT2D eigenvalue weighted by Gasteiger charge is 2.50. The molecule has 0 unspecified atom stereocenters. The summed E-state index contributed by atoms with van der Waals surface area (Å²) in [5, 5.41) is 12.0. The maximum absolute atomic E-state index is 8.68. The zero-order chi connectivity index (χ0) is 7.61. The smallest absolute Gasteiger partial charge is 0.115 e. The molecule has 1 saturated heterocycles. The van der Waals surface area contributed by atoms with Gasteiger partial charge < -0.3 is 9.84 Å². The molecule has 2 atom stereocenters. The van der Waals surface area contributed by atoms with Crippen LogP contribution in [0.5, 0.6) is 0 Å². The van der Waals surface area contributed by atoms with Crippen molar-refractivity contribution in [2.45, 2.75) is 18.6 Å². The number of ether oxygens (including phenoxy) is 1. The summed E-state index contributed by atoms with van der Waals surface area (Å²) in [7, 11) is 0. The molecule has 56 valence electrons. The number of rotatable bonds is 3. The van der Waals surface area contributed by atoms with Gasteiger partial charge in [0.05, 0.1) is 19.3 Å². The molecule has 0 bridgehead atoms. The first-order valence-corrected chi connectivity index (χ1v) is 3.02. The first kappa shape index (κ1) is 7.34. The van der Waals surface area contributed by atoms with Crippen molar-refractivity contribution in [3.63, 3.8) is 0 Å². The van der Waals surface area contributed by atoms with Crippen LogP contribution in [0.25, 0.3) is 10.4 Å². The van der Waals surface area contributed by atoms with Gasteiger partial charge in [0, 0.05) is 4.91 Å². The number of hydrogen-bond acceptors (Lipinski definition) is 3. The summed E-state index contributed by atoms with van der Waals surface area (Å²) in [5.74, 6) is 0. The molecule has 1 fully saturated rings. The Morgan fingerprint density at radius 1 is 1.90 bits per heavy atom. The lowest BCUT2D eigenvalue weighted by Gasteiger charge is -1.95. The topological polar surface area (TPSA) is 81.5 Å². The molecule has 1 aliphatic rings. The van der Waals surface area contributed by atoms with E-state index in [0.29, 0.717) is 6.54 Å². The molecule has 1 aliphatic heterocycles. The lowest BCUT2D eigenvalue weighted by Crippen LogP contribution is -2.16. The average molecular weight is 143 g/mol. The number of aliphatic hydroxyl groups is 1. The van der Waals surface area contributed by atoms with Crippen LogP contribution in [-0.4, -0.2) is 30.0 Å². The third-order valence-electron chi connectivity index (χ3n) is 1.66. The summed E-state index contributed by atoms with van der Waals surface area (Å²) >= 11 is 0. The maximum atomic E-state index is 8.68. The largest absolute Gasteiger partial charge is 0.393 e. The number of aliphatic hydroxyl groups excluding tert-OH is 1. The summed E-state index contributed by atoms with van der Waals surface area (Å²) in [6, 6.07) is 0. The van der Waals surface area contributed by atoms with E-state index in [-0.39, 0.29) is 12.7 Å². The summed E-state index contributed by atoms with van der Waals surface area (Å²) in [4.78, 5) is 2.58. The summed E-state index contributed by atoms with van der Waals surface area (Å²) in [6.45, 7) is 2.08. The van der Waals surface area contributed by atoms with E-state index in [1.165, 1.54) is 0 Å². The second-order valence-electron chi connectivity index (χ2n) is 2.49. The molecule has 1 rings (SSSR count). The zero-order valence-corrected chi connectivity index (χ0v) is 5.69. The van der Waals surface area contributed by atoms with Gasteiger partial charge in [-0.1, -0.05) is 5.11 Å². The minimum absolute atomic E-state index is 0.0153. The minimum atomic E-state index is -0.450. The molecule has 0 aromatic rings. The summed E-state index contributed by atoms with van der Waals surface area (Å²) < 4.78 is 5.04. The van der Waals surface area contributed by atoms with Gasteiger partial charge in [0.1, 0.15) is 5.60 Å². The molecule has 1 heterocycles. The Bertz CT molecular complexity index is 178. The Balaban J connectivity index is 2.30. The van der Waals surface area contributed by atoms with Crippen molar-refractivity contribution in [3.05, 3.63) is 10.4 Å². The van der Waals surface area contributed by atoms with E-state index in [1.807, 2.05) is 0 Å². The monoisotopic (exact) mass is 143 g/mol. The Kier molecular flexibility index (Phi) is 1.80. The van der Waals surface area contributed by atoms with Crippen LogP contribution in [0.3, 0.4) is 0 Å². The van der Waals surface area contributed by atoms with Crippen molar-refractivity contribution in [3.8, 4) is 0 Å². The van der Waals surface area contributed by atoms with Gasteiger partial charge in [-0.25, -0.2) is 0 Å². The highest BCUT2D eigenvalue weighted by atomic mass is 16.6. The van der Waals surface area contributed by atoms with Gasteiger partial charge in [-0.2, -0.15) is 0 Å².